The van der Waals surface area contributed by atoms with Crippen molar-refractivity contribution in [3.8, 4) is 23.0 Å². The van der Waals surface area contributed by atoms with Crippen LogP contribution in [0, 0.1) is 0 Å². The van der Waals surface area contributed by atoms with Crippen LogP contribution in [0.2, 0.25) is 0 Å². The van der Waals surface area contributed by atoms with Gasteiger partial charge in [0.1, 0.15) is 28.6 Å². The normalized spacial score (nSPS) is 17.1. The quantitative estimate of drug-likeness (QED) is 0.224. The molecular formula is C32H33NO11. The van der Waals surface area contributed by atoms with E-state index < -0.39 is 48.6 Å². The third kappa shape index (κ3) is 4.99. The van der Waals surface area contributed by atoms with Gasteiger partial charge >= 0.3 is 17.9 Å². The molecule has 5 rings (SSSR count). The first kappa shape index (κ1) is 30.5. The summed E-state index contributed by atoms with van der Waals surface area (Å²) in [6.07, 6.45) is -3.24. The summed E-state index contributed by atoms with van der Waals surface area (Å²) in [5.41, 5.74) is -0.433. The minimum atomic E-state index is -1.24. The minimum absolute atomic E-state index is 0.193. The second kappa shape index (κ2) is 11.3. The Labute approximate surface area is 251 Å². The van der Waals surface area contributed by atoms with E-state index in [2.05, 4.69) is 0 Å². The highest BCUT2D eigenvalue weighted by molar-refractivity contribution is 6.07. The van der Waals surface area contributed by atoms with Crippen LogP contribution in [0.4, 0.5) is 0 Å². The smallest absolute Gasteiger partial charge is 0.306 e. The number of carboxylic acids is 1. The Balaban J connectivity index is 1.87. The molecule has 2 heterocycles. The van der Waals surface area contributed by atoms with Crippen molar-refractivity contribution in [2.24, 2.45) is 7.05 Å². The number of ether oxygens (including phenoxy) is 6. The van der Waals surface area contributed by atoms with Gasteiger partial charge in [0.05, 0.1) is 56.2 Å². The molecule has 1 aromatic heterocycles. The maximum Gasteiger partial charge on any atom is 0.306 e. The van der Waals surface area contributed by atoms with Gasteiger partial charge in [0.15, 0.2) is 12.2 Å². The van der Waals surface area contributed by atoms with E-state index in [4.69, 9.17) is 33.5 Å². The highest BCUT2D eigenvalue weighted by atomic mass is 16.6. The fourth-order valence-corrected chi connectivity index (χ4v) is 5.89. The van der Waals surface area contributed by atoms with E-state index in [0.717, 1.165) is 0 Å². The number of aliphatic carboxylic acids is 1. The zero-order valence-electron chi connectivity index (χ0n) is 25.4. The van der Waals surface area contributed by atoms with Crippen molar-refractivity contribution in [1.29, 1.82) is 0 Å². The highest BCUT2D eigenvalue weighted by Gasteiger charge is 2.50. The monoisotopic (exact) mass is 607 g/mol. The number of aromatic nitrogens is 1. The molecule has 0 fully saturated rings. The predicted molar refractivity (Wildman–Crippen MR) is 160 cm³/mol. The third-order valence-electron chi connectivity index (χ3n) is 7.86. The third-order valence-corrected chi connectivity index (χ3v) is 7.86. The zero-order valence-corrected chi connectivity index (χ0v) is 25.4. The molecule has 44 heavy (non-hydrogen) atoms. The maximum atomic E-state index is 14.3. The molecule has 1 aliphatic heterocycles. The lowest BCUT2D eigenvalue weighted by molar-refractivity contribution is -0.189. The van der Waals surface area contributed by atoms with Gasteiger partial charge in [0.25, 0.3) is 0 Å². The van der Waals surface area contributed by atoms with Crippen LogP contribution in [0.15, 0.2) is 35.1 Å². The van der Waals surface area contributed by atoms with Crippen molar-refractivity contribution in [1.82, 2.24) is 4.57 Å². The molecule has 12 heteroatoms. The van der Waals surface area contributed by atoms with Gasteiger partial charge in [-0.2, -0.15) is 0 Å². The molecule has 2 unspecified atom stereocenters. The van der Waals surface area contributed by atoms with Gasteiger partial charge in [0.2, 0.25) is 5.43 Å². The van der Waals surface area contributed by atoms with Crippen molar-refractivity contribution >= 4 is 50.5 Å². The molecule has 1 aliphatic rings. The van der Waals surface area contributed by atoms with Crippen molar-refractivity contribution < 1.29 is 47.9 Å². The first-order valence-electron chi connectivity index (χ1n) is 13.8. The SMILES string of the molecule is COc1ccc(OC)c2cc3c(cc12)c(=O)c1c(OC)cc2c(c1n3C)C(OC(C)=O)C(OC(=O)CCC(=O)O)C(C)(C)O2. The standard InChI is InChI=1S/C32H33NO11/c1-15(34)42-30-27-23(44-32(2,3)31(30)43-25(37)11-10-24(35)36)14-22(41-7)26-28(27)33(4)19-13-17-16(12-18(19)29(26)38)20(39-5)8-9-21(17)40-6/h8-9,12-14,30-31H,10-11H2,1-7H3,(H,35,36). The maximum absolute atomic E-state index is 14.3. The number of carboxylic acid groups (broad SMARTS) is 1. The molecule has 0 amide bonds. The second-order valence-corrected chi connectivity index (χ2v) is 11.0. The molecule has 0 saturated heterocycles. The van der Waals surface area contributed by atoms with E-state index in [1.807, 2.05) is 6.07 Å². The molecule has 2 atom stereocenters. The molecule has 12 nitrogen and oxygen atoms in total. The van der Waals surface area contributed by atoms with Gasteiger partial charge in [-0.3, -0.25) is 19.2 Å². The van der Waals surface area contributed by atoms with E-state index in [9.17, 15) is 19.2 Å². The number of fused-ring (bicyclic) bond motifs is 5. The van der Waals surface area contributed by atoms with Gasteiger partial charge in [-0.15, -0.1) is 0 Å². The Hall–Kier alpha value is -5.00. The number of esters is 2. The summed E-state index contributed by atoms with van der Waals surface area (Å²) in [5.74, 6) is -1.02. The largest absolute Gasteiger partial charge is 0.496 e. The Morgan fingerprint density at radius 3 is 2.09 bits per heavy atom. The van der Waals surface area contributed by atoms with Crippen LogP contribution >= 0.6 is 0 Å². The summed E-state index contributed by atoms with van der Waals surface area (Å²) in [6, 6.07) is 8.64. The topological polar surface area (TPSA) is 149 Å². The van der Waals surface area contributed by atoms with E-state index in [-0.39, 0.29) is 22.3 Å². The van der Waals surface area contributed by atoms with Crippen LogP contribution in [-0.2, 0) is 30.9 Å². The molecule has 0 radical (unpaired) electrons. The number of carbonyl (C=O) groups excluding carboxylic acids is 2. The lowest BCUT2D eigenvalue weighted by Crippen LogP contribution is -2.52. The Morgan fingerprint density at radius 1 is 0.909 bits per heavy atom. The zero-order chi connectivity index (χ0) is 32.1. The molecule has 0 aliphatic carbocycles. The number of rotatable bonds is 8. The summed E-state index contributed by atoms with van der Waals surface area (Å²) in [7, 11) is 6.28. The van der Waals surface area contributed by atoms with Crippen LogP contribution in [0.1, 0.15) is 45.3 Å². The number of hydrogen-bond donors (Lipinski definition) is 1. The first-order valence-corrected chi connectivity index (χ1v) is 13.8. The number of pyridine rings is 1. The van der Waals surface area contributed by atoms with E-state index in [0.29, 0.717) is 44.3 Å². The number of benzene rings is 3. The summed E-state index contributed by atoms with van der Waals surface area (Å²) in [5, 5.41) is 11.0. The molecule has 1 N–H and O–H groups in total. The Bertz CT molecular complexity index is 1910. The molecule has 3 aromatic carbocycles. The number of hydrogen-bond acceptors (Lipinski definition) is 10. The molecular weight excluding hydrogens is 574 g/mol. The molecule has 0 bridgehead atoms. The number of aryl methyl sites for hydroxylation is 1. The average molecular weight is 608 g/mol. The van der Waals surface area contributed by atoms with Crippen LogP contribution in [0.3, 0.4) is 0 Å². The van der Waals surface area contributed by atoms with Gasteiger partial charge in [-0.1, -0.05) is 0 Å². The fourth-order valence-electron chi connectivity index (χ4n) is 5.89. The number of nitrogens with zero attached hydrogens (tertiary/aromatic N) is 1. The van der Waals surface area contributed by atoms with Crippen LogP contribution in [-0.4, -0.2) is 60.6 Å². The summed E-state index contributed by atoms with van der Waals surface area (Å²) in [6.45, 7) is 4.53. The number of carbonyl (C=O) groups is 3. The predicted octanol–water partition coefficient (Wildman–Crippen LogP) is 4.42. The highest BCUT2D eigenvalue weighted by Crippen LogP contribution is 2.49. The average Bonchev–Trinajstić information content (AvgIpc) is 2.97. The van der Waals surface area contributed by atoms with Gasteiger partial charge < -0.3 is 38.1 Å². The molecule has 0 spiro atoms. The van der Waals surface area contributed by atoms with Crippen LogP contribution < -0.4 is 24.4 Å². The Morgan fingerprint density at radius 2 is 1.52 bits per heavy atom. The fraction of sp³-hybridized carbons (Fsp3) is 0.375. The van der Waals surface area contributed by atoms with Gasteiger partial charge in [-0.05, 0) is 38.1 Å². The van der Waals surface area contributed by atoms with Crippen molar-refractivity contribution in [2.45, 2.75) is 51.4 Å². The van der Waals surface area contributed by atoms with E-state index in [1.54, 1.807) is 63.9 Å². The molecule has 4 aromatic rings. The molecule has 0 saturated carbocycles. The first-order chi connectivity index (χ1) is 20.8. The Kier molecular flexibility index (Phi) is 7.79. The second-order valence-electron chi connectivity index (χ2n) is 11.0. The van der Waals surface area contributed by atoms with Crippen LogP contribution in [0.25, 0.3) is 32.6 Å². The lowest BCUT2D eigenvalue weighted by atomic mass is 9.86. The summed E-state index contributed by atoms with van der Waals surface area (Å²) < 4.78 is 36.5. The van der Waals surface area contributed by atoms with Crippen molar-refractivity contribution in [3.63, 3.8) is 0 Å². The minimum Gasteiger partial charge on any atom is -0.496 e. The number of methoxy groups -OCH3 is 3. The van der Waals surface area contributed by atoms with E-state index in [1.165, 1.54) is 14.0 Å². The van der Waals surface area contributed by atoms with Crippen LogP contribution in [0.5, 0.6) is 23.0 Å². The summed E-state index contributed by atoms with van der Waals surface area (Å²) >= 11 is 0. The van der Waals surface area contributed by atoms with Gasteiger partial charge in [-0.25, -0.2) is 0 Å². The van der Waals surface area contributed by atoms with Crippen molar-refractivity contribution in [3.05, 3.63) is 46.1 Å². The van der Waals surface area contributed by atoms with E-state index >= 15 is 0 Å². The summed E-state index contributed by atoms with van der Waals surface area (Å²) in [4.78, 5) is 50.6. The van der Waals surface area contributed by atoms with Crippen molar-refractivity contribution in [2.75, 3.05) is 21.3 Å². The molecule has 232 valence electrons. The van der Waals surface area contributed by atoms with Gasteiger partial charge in [0, 0.05) is 36.2 Å². The lowest BCUT2D eigenvalue weighted by Gasteiger charge is -2.43.